The lowest BCUT2D eigenvalue weighted by Gasteiger charge is -2.16. The number of fused-ring (bicyclic) bond motifs is 1. The van der Waals surface area contributed by atoms with Crippen LogP contribution in [0.15, 0.2) is 65.3 Å². The van der Waals surface area contributed by atoms with Crippen LogP contribution < -0.4 is 0 Å². The number of amidine groups is 1. The van der Waals surface area contributed by atoms with Crippen LogP contribution in [0.4, 0.5) is 0 Å². The molecule has 2 aromatic carbocycles. The SMILES string of the molecule is C=CCC/C(C)=N/N=C1\SCC(=O)N1Cc1cccc2ccccc12. The van der Waals surface area contributed by atoms with Crippen molar-refractivity contribution in [2.75, 3.05) is 5.75 Å². The van der Waals surface area contributed by atoms with E-state index in [0.29, 0.717) is 17.5 Å². The molecule has 0 unspecified atom stereocenters. The van der Waals surface area contributed by atoms with Crippen LogP contribution in [-0.4, -0.2) is 27.4 Å². The van der Waals surface area contributed by atoms with Gasteiger partial charge in [0.05, 0.1) is 12.3 Å². The second-order valence-corrected chi connectivity index (χ2v) is 6.89. The third-order valence-corrected chi connectivity index (χ3v) is 5.03. The van der Waals surface area contributed by atoms with Gasteiger partial charge in [-0.2, -0.15) is 5.10 Å². The average Bonchev–Trinajstić information content (AvgIpc) is 2.98. The maximum Gasteiger partial charge on any atom is 0.239 e. The maximum absolute atomic E-state index is 12.3. The van der Waals surface area contributed by atoms with Crippen molar-refractivity contribution in [2.24, 2.45) is 10.2 Å². The van der Waals surface area contributed by atoms with Crippen molar-refractivity contribution in [2.45, 2.75) is 26.3 Å². The van der Waals surface area contributed by atoms with E-state index in [-0.39, 0.29) is 5.91 Å². The van der Waals surface area contributed by atoms with Crippen LogP contribution in [0.25, 0.3) is 10.8 Å². The van der Waals surface area contributed by atoms with Crippen molar-refractivity contribution < 1.29 is 4.79 Å². The second-order valence-electron chi connectivity index (χ2n) is 5.95. The molecule has 2 aromatic rings. The topological polar surface area (TPSA) is 45.0 Å². The minimum absolute atomic E-state index is 0.0793. The highest BCUT2D eigenvalue weighted by Crippen LogP contribution is 2.25. The predicted octanol–water partition coefficient (Wildman–Crippen LogP) is 4.61. The number of hydrogen-bond acceptors (Lipinski definition) is 4. The fraction of sp³-hybridized carbons (Fsp3) is 0.250. The molecule has 1 aliphatic heterocycles. The predicted molar refractivity (Wildman–Crippen MR) is 107 cm³/mol. The number of hydrogen-bond donors (Lipinski definition) is 0. The quantitative estimate of drug-likeness (QED) is 0.433. The van der Waals surface area contributed by atoms with Crippen molar-refractivity contribution in [1.82, 2.24) is 4.90 Å². The zero-order chi connectivity index (χ0) is 17.6. The van der Waals surface area contributed by atoms with Gasteiger partial charge in [-0.3, -0.25) is 9.69 Å². The summed E-state index contributed by atoms with van der Waals surface area (Å²) in [6.45, 7) is 6.19. The van der Waals surface area contributed by atoms with Gasteiger partial charge in [-0.1, -0.05) is 60.3 Å². The highest BCUT2D eigenvalue weighted by Gasteiger charge is 2.28. The first-order chi connectivity index (χ1) is 12.2. The van der Waals surface area contributed by atoms with Gasteiger partial charge in [0.25, 0.3) is 0 Å². The van der Waals surface area contributed by atoms with Gasteiger partial charge in [0.15, 0.2) is 5.17 Å². The van der Waals surface area contributed by atoms with Crippen molar-refractivity contribution >= 4 is 39.3 Å². The lowest BCUT2D eigenvalue weighted by atomic mass is 10.0. The van der Waals surface area contributed by atoms with Crippen molar-refractivity contribution in [3.8, 4) is 0 Å². The van der Waals surface area contributed by atoms with Crippen LogP contribution in [-0.2, 0) is 11.3 Å². The minimum Gasteiger partial charge on any atom is -0.285 e. The summed E-state index contributed by atoms with van der Waals surface area (Å²) in [5.74, 6) is 0.501. The molecule has 0 radical (unpaired) electrons. The van der Waals surface area contributed by atoms with Crippen LogP contribution in [0.2, 0.25) is 0 Å². The van der Waals surface area contributed by atoms with Gasteiger partial charge in [0.2, 0.25) is 5.91 Å². The summed E-state index contributed by atoms with van der Waals surface area (Å²) >= 11 is 1.45. The van der Waals surface area contributed by atoms with Crippen LogP contribution in [0.5, 0.6) is 0 Å². The summed E-state index contributed by atoms with van der Waals surface area (Å²) in [6.07, 6.45) is 3.58. The van der Waals surface area contributed by atoms with Gasteiger partial charge in [-0.25, -0.2) is 0 Å². The Labute approximate surface area is 152 Å². The molecule has 0 N–H and O–H groups in total. The van der Waals surface area contributed by atoms with Crippen molar-refractivity contribution in [3.63, 3.8) is 0 Å². The molecule has 0 aliphatic carbocycles. The summed E-state index contributed by atoms with van der Waals surface area (Å²) in [7, 11) is 0. The molecule has 0 atom stereocenters. The molecule has 4 nitrogen and oxygen atoms in total. The Morgan fingerprint density at radius 2 is 2.08 bits per heavy atom. The monoisotopic (exact) mass is 351 g/mol. The number of rotatable bonds is 6. The third-order valence-electron chi connectivity index (χ3n) is 4.08. The van der Waals surface area contributed by atoms with E-state index in [2.05, 4.69) is 41.0 Å². The standard InChI is InChI=1S/C20H21N3OS/c1-3-4-8-15(2)21-22-20-23(19(24)14-25-20)13-17-11-7-10-16-9-5-6-12-18(16)17/h3,5-7,9-12H,1,4,8,13-14H2,2H3/b21-15+,22-20-. The highest BCUT2D eigenvalue weighted by atomic mass is 32.2. The Kier molecular flexibility index (Phi) is 5.66. The Morgan fingerprint density at radius 1 is 1.28 bits per heavy atom. The number of thioether (sulfide) groups is 1. The lowest BCUT2D eigenvalue weighted by molar-refractivity contribution is -0.124. The fourth-order valence-corrected chi connectivity index (χ4v) is 3.55. The van der Waals surface area contributed by atoms with E-state index in [4.69, 9.17) is 0 Å². The smallest absolute Gasteiger partial charge is 0.239 e. The Balaban J connectivity index is 1.84. The van der Waals surface area contributed by atoms with E-state index in [0.717, 1.165) is 24.1 Å². The summed E-state index contributed by atoms with van der Waals surface area (Å²) in [6, 6.07) is 14.4. The van der Waals surface area contributed by atoms with Gasteiger partial charge < -0.3 is 0 Å². The molecule has 3 rings (SSSR count). The minimum atomic E-state index is 0.0793. The molecule has 0 saturated carbocycles. The largest absolute Gasteiger partial charge is 0.285 e. The molecule has 0 aromatic heterocycles. The molecule has 0 spiro atoms. The van der Waals surface area contributed by atoms with E-state index < -0.39 is 0 Å². The first kappa shape index (κ1) is 17.4. The van der Waals surface area contributed by atoms with Gasteiger partial charge in [0.1, 0.15) is 0 Å². The number of nitrogens with zero attached hydrogens (tertiary/aromatic N) is 3. The molecule has 5 heteroatoms. The summed E-state index contributed by atoms with van der Waals surface area (Å²) in [5.41, 5.74) is 2.06. The molecular formula is C20H21N3OS. The average molecular weight is 351 g/mol. The van der Waals surface area contributed by atoms with E-state index in [1.54, 1.807) is 4.90 Å². The zero-order valence-corrected chi connectivity index (χ0v) is 15.1. The molecule has 1 fully saturated rings. The van der Waals surface area contributed by atoms with Crippen LogP contribution >= 0.6 is 11.8 Å². The maximum atomic E-state index is 12.3. The summed E-state index contributed by atoms with van der Waals surface area (Å²) < 4.78 is 0. The third kappa shape index (κ3) is 4.17. The molecule has 25 heavy (non-hydrogen) atoms. The lowest BCUT2D eigenvalue weighted by Crippen LogP contribution is -2.29. The van der Waals surface area contributed by atoms with E-state index in [1.807, 2.05) is 31.2 Å². The fourth-order valence-electron chi connectivity index (χ4n) is 2.72. The van der Waals surface area contributed by atoms with Gasteiger partial charge in [-0.05, 0) is 36.1 Å². The second kappa shape index (κ2) is 8.12. The molecule has 128 valence electrons. The Morgan fingerprint density at radius 3 is 2.92 bits per heavy atom. The Hall–Kier alpha value is -2.40. The molecule has 1 heterocycles. The number of carbonyl (C=O) groups excluding carboxylic acids is 1. The van der Waals surface area contributed by atoms with E-state index in [9.17, 15) is 4.79 Å². The van der Waals surface area contributed by atoms with E-state index >= 15 is 0 Å². The normalized spacial score (nSPS) is 16.8. The summed E-state index contributed by atoms with van der Waals surface area (Å²) in [4.78, 5) is 14.0. The first-order valence-electron chi connectivity index (χ1n) is 8.31. The molecule has 0 bridgehead atoms. The van der Waals surface area contributed by atoms with Crippen LogP contribution in [0.3, 0.4) is 0 Å². The summed E-state index contributed by atoms with van der Waals surface area (Å²) in [5, 5.41) is 11.6. The number of amides is 1. The van der Waals surface area contributed by atoms with E-state index in [1.165, 1.54) is 22.5 Å². The molecule has 1 amide bonds. The van der Waals surface area contributed by atoms with Crippen LogP contribution in [0, 0.1) is 0 Å². The Bertz CT molecular complexity index is 852. The molecule has 1 aliphatic rings. The van der Waals surface area contributed by atoms with Crippen molar-refractivity contribution in [3.05, 3.63) is 60.7 Å². The van der Waals surface area contributed by atoms with Crippen molar-refractivity contribution in [1.29, 1.82) is 0 Å². The van der Waals surface area contributed by atoms with Crippen LogP contribution in [0.1, 0.15) is 25.3 Å². The van der Waals surface area contributed by atoms with Gasteiger partial charge >= 0.3 is 0 Å². The number of allylic oxidation sites excluding steroid dienone is 1. The number of benzene rings is 2. The number of carbonyl (C=O) groups is 1. The highest BCUT2D eigenvalue weighted by molar-refractivity contribution is 8.15. The molecular weight excluding hydrogens is 330 g/mol. The van der Waals surface area contributed by atoms with Gasteiger partial charge in [-0.15, -0.1) is 11.7 Å². The zero-order valence-electron chi connectivity index (χ0n) is 14.3. The molecule has 1 saturated heterocycles. The van der Waals surface area contributed by atoms with Gasteiger partial charge in [0, 0.05) is 5.71 Å². The first-order valence-corrected chi connectivity index (χ1v) is 9.29.